The highest BCUT2D eigenvalue weighted by Crippen LogP contribution is 2.39. The SMILES string of the molecule is Cc1ccc(S(=O)(=O)N2CCc3ccccc3[C@@H]2c2ccccc2)s1. The summed E-state index contributed by atoms with van der Waals surface area (Å²) in [5, 5.41) is 0. The lowest BCUT2D eigenvalue weighted by atomic mass is 9.90. The molecule has 0 saturated heterocycles. The third kappa shape index (κ3) is 2.92. The van der Waals surface area contributed by atoms with E-state index in [9.17, 15) is 8.42 Å². The van der Waals surface area contributed by atoms with E-state index in [0.717, 1.165) is 22.4 Å². The molecular weight excluding hydrogens is 350 g/mol. The molecule has 1 aromatic heterocycles. The molecular formula is C20H19NO2S2. The third-order valence-corrected chi connectivity index (χ3v) is 7.97. The van der Waals surface area contributed by atoms with Gasteiger partial charge in [0.15, 0.2) is 0 Å². The van der Waals surface area contributed by atoms with Gasteiger partial charge in [-0.15, -0.1) is 11.3 Å². The zero-order valence-corrected chi connectivity index (χ0v) is 15.6. The number of aryl methyl sites for hydroxylation is 1. The van der Waals surface area contributed by atoms with Crippen LogP contribution in [0, 0.1) is 6.92 Å². The summed E-state index contributed by atoms with van der Waals surface area (Å²) >= 11 is 1.34. The Morgan fingerprint density at radius 1 is 0.960 bits per heavy atom. The first-order valence-electron chi connectivity index (χ1n) is 8.28. The largest absolute Gasteiger partial charge is 0.253 e. The number of benzene rings is 2. The van der Waals surface area contributed by atoms with Gasteiger partial charge in [-0.3, -0.25) is 0 Å². The molecule has 0 amide bonds. The first-order valence-corrected chi connectivity index (χ1v) is 10.5. The van der Waals surface area contributed by atoms with Gasteiger partial charge in [0.25, 0.3) is 10.0 Å². The van der Waals surface area contributed by atoms with Crippen LogP contribution in [0.1, 0.15) is 27.6 Å². The van der Waals surface area contributed by atoms with E-state index in [0.29, 0.717) is 10.8 Å². The lowest BCUT2D eigenvalue weighted by Crippen LogP contribution is -2.40. The minimum Gasteiger partial charge on any atom is -0.206 e. The van der Waals surface area contributed by atoms with Crippen LogP contribution in [0.4, 0.5) is 0 Å². The Hall–Kier alpha value is -1.95. The molecule has 1 atom stereocenters. The molecule has 25 heavy (non-hydrogen) atoms. The Labute approximate surface area is 152 Å². The minimum atomic E-state index is -3.53. The average molecular weight is 370 g/mol. The topological polar surface area (TPSA) is 37.4 Å². The summed E-state index contributed by atoms with van der Waals surface area (Å²) in [4.78, 5) is 1.01. The molecule has 0 aliphatic carbocycles. The van der Waals surface area contributed by atoms with Gasteiger partial charge in [-0.2, -0.15) is 4.31 Å². The van der Waals surface area contributed by atoms with E-state index >= 15 is 0 Å². The molecule has 0 radical (unpaired) electrons. The van der Waals surface area contributed by atoms with Crippen molar-refractivity contribution >= 4 is 21.4 Å². The van der Waals surface area contributed by atoms with Crippen molar-refractivity contribution in [1.29, 1.82) is 0 Å². The molecule has 0 bridgehead atoms. The Bertz CT molecular complexity index is 993. The molecule has 0 unspecified atom stereocenters. The number of fused-ring (bicyclic) bond motifs is 1. The molecule has 0 fully saturated rings. The third-order valence-electron chi connectivity index (χ3n) is 4.63. The summed E-state index contributed by atoms with van der Waals surface area (Å²) in [5.74, 6) is 0. The van der Waals surface area contributed by atoms with E-state index < -0.39 is 10.0 Å². The monoisotopic (exact) mass is 369 g/mol. The fourth-order valence-electron chi connectivity index (χ4n) is 3.45. The second-order valence-electron chi connectivity index (χ2n) is 6.24. The van der Waals surface area contributed by atoms with Gasteiger partial charge in [0.2, 0.25) is 0 Å². The van der Waals surface area contributed by atoms with Gasteiger partial charge in [-0.1, -0.05) is 54.6 Å². The van der Waals surface area contributed by atoms with E-state index in [2.05, 4.69) is 6.07 Å². The maximum absolute atomic E-state index is 13.3. The standard InChI is InChI=1S/C20H19NO2S2/c1-15-11-12-19(24-15)25(22,23)21-14-13-16-7-5-6-10-18(16)20(21)17-8-3-2-4-9-17/h2-12,20H,13-14H2,1H3/t20-/m0/s1. The molecule has 1 aliphatic rings. The van der Waals surface area contributed by atoms with Gasteiger partial charge in [0.05, 0.1) is 6.04 Å². The van der Waals surface area contributed by atoms with Crippen LogP contribution in [0.15, 0.2) is 70.9 Å². The number of nitrogens with zero attached hydrogens (tertiary/aromatic N) is 1. The molecule has 0 N–H and O–H groups in total. The van der Waals surface area contributed by atoms with E-state index in [1.807, 2.05) is 61.5 Å². The average Bonchev–Trinajstić information content (AvgIpc) is 3.08. The summed E-state index contributed by atoms with van der Waals surface area (Å²) in [6.07, 6.45) is 0.739. The second kappa shape index (κ2) is 6.41. The van der Waals surface area contributed by atoms with Crippen LogP contribution < -0.4 is 0 Å². The van der Waals surface area contributed by atoms with E-state index in [1.54, 1.807) is 10.4 Å². The Morgan fingerprint density at radius 2 is 1.68 bits per heavy atom. The second-order valence-corrected chi connectivity index (χ2v) is 9.65. The van der Waals surface area contributed by atoms with E-state index in [1.165, 1.54) is 16.9 Å². The molecule has 128 valence electrons. The lowest BCUT2D eigenvalue weighted by molar-refractivity contribution is 0.345. The molecule has 0 spiro atoms. The van der Waals surface area contributed by atoms with E-state index in [-0.39, 0.29) is 6.04 Å². The molecule has 4 rings (SSSR count). The van der Waals surface area contributed by atoms with Crippen LogP contribution in [0.3, 0.4) is 0 Å². The fraction of sp³-hybridized carbons (Fsp3) is 0.200. The zero-order valence-electron chi connectivity index (χ0n) is 13.9. The van der Waals surface area contributed by atoms with Gasteiger partial charge in [-0.25, -0.2) is 8.42 Å². The van der Waals surface area contributed by atoms with Crippen molar-refractivity contribution in [3.63, 3.8) is 0 Å². The number of hydrogen-bond donors (Lipinski definition) is 0. The van der Waals surface area contributed by atoms with Gasteiger partial charge < -0.3 is 0 Å². The number of hydrogen-bond acceptors (Lipinski definition) is 3. The first kappa shape index (κ1) is 16.5. The highest BCUT2D eigenvalue weighted by Gasteiger charge is 2.37. The quantitative estimate of drug-likeness (QED) is 0.686. The lowest BCUT2D eigenvalue weighted by Gasteiger charge is -2.36. The van der Waals surface area contributed by atoms with Crippen LogP contribution in [-0.2, 0) is 16.4 Å². The van der Waals surface area contributed by atoms with Gasteiger partial charge in [-0.05, 0) is 42.2 Å². The van der Waals surface area contributed by atoms with Crippen LogP contribution >= 0.6 is 11.3 Å². The van der Waals surface area contributed by atoms with Crippen LogP contribution in [0.25, 0.3) is 0 Å². The highest BCUT2D eigenvalue weighted by atomic mass is 32.2. The molecule has 3 nitrogen and oxygen atoms in total. The normalized spacial score (nSPS) is 18.0. The van der Waals surface area contributed by atoms with Gasteiger partial charge in [0, 0.05) is 11.4 Å². The zero-order chi connectivity index (χ0) is 17.4. The summed E-state index contributed by atoms with van der Waals surface area (Å²) in [7, 11) is -3.53. The van der Waals surface area contributed by atoms with Crippen molar-refractivity contribution in [2.45, 2.75) is 23.6 Å². The van der Waals surface area contributed by atoms with Crippen molar-refractivity contribution in [2.24, 2.45) is 0 Å². The fourth-order valence-corrected chi connectivity index (χ4v) is 6.46. The van der Waals surface area contributed by atoms with Crippen LogP contribution in [0.5, 0.6) is 0 Å². The Balaban J connectivity index is 1.87. The molecule has 3 aromatic rings. The Morgan fingerprint density at radius 3 is 2.40 bits per heavy atom. The Kier molecular flexibility index (Phi) is 4.23. The molecule has 0 saturated carbocycles. The molecule has 2 heterocycles. The molecule has 1 aliphatic heterocycles. The van der Waals surface area contributed by atoms with Crippen molar-refractivity contribution in [2.75, 3.05) is 6.54 Å². The van der Waals surface area contributed by atoms with Gasteiger partial charge in [0.1, 0.15) is 4.21 Å². The number of thiophene rings is 1. The maximum Gasteiger partial charge on any atom is 0.253 e. The first-order chi connectivity index (χ1) is 12.1. The summed E-state index contributed by atoms with van der Waals surface area (Å²) in [6.45, 7) is 2.43. The number of rotatable bonds is 3. The minimum absolute atomic E-state index is 0.279. The molecule has 2 aromatic carbocycles. The highest BCUT2D eigenvalue weighted by molar-refractivity contribution is 7.91. The van der Waals surface area contributed by atoms with E-state index in [4.69, 9.17) is 0 Å². The van der Waals surface area contributed by atoms with Crippen molar-refractivity contribution < 1.29 is 8.42 Å². The maximum atomic E-state index is 13.3. The van der Waals surface area contributed by atoms with Crippen molar-refractivity contribution in [3.05, 3.63) is 88.3 Å². The smallest absolute Gasteiger partial charge is 0.206 e. The van der Waals surface area contributed by atoms with Crippen molar-refractivity contribution in [3.8, 4) is 0 Å². The summed E-state index contributed by atoms with van der Waals surface area (Å²) < 4.78 is 28.7. The summed E-state index contributed by atoms with van der Waals surface area (Å²) in [5.41, 5.74) is 3.31. The predicted octanol–water partition coefficient (Wildman–Crippen LogP) is 4.39. The van der Waals surface area contributed by atoms with Crippen molar-refractivity contribution in [1.82, 2.24) is 4.31 Å². The summed E-state index contributed by atoms with van der Waals surface area (Å²) in [6, 6.07) is 21.4. The predicted molar refractivity (Wildman–Crippen MR) is 101 cm³/mol. The van der Waals surface area contributed by atoms with Crippen LogP contribution in [-0.4, -0.2) is 19.3 Å². The number of sulfonamides is 1. The molecule has 5 heteroatoms. The van der Waals surface area contributed by atoms with Gasteiger partial charge >= 0.3 is 0 Å². The van der Waals surface area contributed by atoms with Crippen LogP contribution in [0.2, 0.25) is 0 Å².